The first kappa shape index (κ1) is 21.0. The Balaban J connectivity index is 1.88. The predicted molar refractivity (Wildman–Crippen MR) is 123 cm³/mol. The van der Waals surface area contributed by atoms with E-state index in [1.165, 1.54) is 11.8 Å². The van der Waals surface area contributed by atoms with E-state index in [2.05, 4.69) is 41.2 Å². The number of aryl methyl sites for hydroxylation is 2. The molecule has 0 unspecified atom stereocenters. The third-order valence-electron chi connectivity index (χ3n) is 4.87. The smallest absolute Gasteiger partial charge is 0.264 e. The largest absolute Gasteiger partial charge is 0.496 e. The molecule has 1 heterocycles. The highest BCUT2D eigenvalue weighted by atomic mass is 32.2. The third kappa shape index (κ3) is 4.82. The summed E-state index contributed by atoms with van der Waals surface area (Å²) >= 11 is 1.35. The summed E-state index contributed by atoms with van der Waals surface area (Å²) in [5.41, 5.74) is 5.06. The van der Waals surface area contributed by atoms with Gasteiger partial charge in [0.1, 0.15) is 5.75 Å². The van der Waals surface area contributed by atoms with E-state index in [4.69, 9.17) is 4.74 Å². The molecule has 2 aromatic carbocycles. The van der Waals surface area contributed by atoms with Gasteiger partial charge in [0.05, 0.1) is 17.7 Å². The zero-order valence-corrected chi connectivity index (χ0v) is 18.4. The number of anilines is 1. The Morgan fingerprint density at radius 2 is 1.90 bits per heavy atom. The van der Waals surface area contributed by atoms with Gasteiger partial charge in [0.15, 0.2) is 5.17 Å². The van der Waals surface area contributed by atoms with Gasteiger partial charge in [0.25, 0.3) is 5.91 Å². The topological polar surface area (TPSA) is 53.9 Å². The number of ether oxygens (including phenoxy) is 1. The van der Waals surface area contributed by atoms with Crippen molar-refractivity contribution >= 4 is 40.3 Å². The fraction of sp³-hybridized carbons (Fsp3) is 0.304. The molecule has 152 valence electrons. The van der Waals surface area contributed by atoms with E-state index < -0.39 is 0 Å². The summed E-state index contributed by atoms with van der Waals surface area (Å²) in [6, 6.07) is 12.2. The lowest BCUT2D eigenvalue weighted by molar-refractivity contribution is -0.115. The van der Waals surface area contributed by atoms with E-state index in [0.29, 0.717) is 10.1 Å². The van der Waals surface area contributed by atoms with E-state index in [1.807, 2.05) is 44.2 Å². The van der Waals surface area contributed by atoms with Crippen molar-refractivity contribution in [2.24, 2.45) is 4.99 Å². The molecular weight excluding hydrogens is 382 g/mol. The van der Waals surface area contributed by atoms with Crippen LogP contribution in [-0.4, -0.2) is 31.3 Å². The molecule has 1 N–H and O–H groups in total. The Labute approximate surface area is 176 Å². The van der Waals surface area contributed by atoms with Gasteiger partial charge in [-0.3, -0.25) is 4.79 Å². The van der Waals surface area contributed by atoms with Crippen LogP contribution < -0.4 is 15.0 Å². The number of methoxy groups -OCH3 is 1. The van der Waals surface area contributed by atoms with Crippen LogP contribution in [0.3, 0.4) is 0 Å². The fourth-order valence-corrected chi connectivity index (χ4v) is 4.00. The zero-order valence-electron chi connectivity index (χ0n) is 17.6. The summed E-state index contributed by atoms with van der Waals surface area (Å²) in [4.78, 5) is 20.0. The van der Waals surface area contributed by atoms with Crippen LogP contribution in [0.15, 0.2) is 46.3 Å². The molecule has 29 heavy (non-hydrogen) atoms. The normalized spacial score (nSPS) is 16.4. The summed E-state index contributed by atoms with van der Waals surface area (Å²) < 4.78 is 5.58. The number of amidine groups is 1. The molecule has 0 atom stereocenters. The summed E-state index contributed by atoms with van der Waals surface area (Å²) in [6.07, 6.45) is 1.86. The maximum absolute atomic E-state index is 12.5. The van der Waals surface area contributed by atoms with Crippen LogP contribution in [0.2, 0.25) is 0 Å². The fourth-order valence-electron chi connectivity index (χ4n) is 3.18. The number of rotatable bonds is 6. The van der Waals surface area contributed by atoms with Crippen LogP contribution >= 0.6 is 11.8 Å². The Kier molecular flexibility index (Phi) is 6.64. The standard InChI is InChI=1S/C23H27N3O2S/c1-6-26(7-2)18-11-10-17(20(14-18)28-5)13-21-22(27)25-23(29-21)24-19-12-15(3)8-9-16(19)4/h8-14H,6-7H2,1-5H3,(H,24,25,27)/b21-13-. The van der Waals surface area contributed by atoms with Crippen molar-refractivity contribution in [1.82, 2.24) is 5.32 Å². The minimum Gasteiger partial charge on any atom is -0.496 e. The van der Waals surface area contributed by atoms with Gasteiger partial charge in [-0.2, -0.15) is 0 Å². The molecular formula is C23H27N3O2S. The Bertz CT molecular complexity index is 978. The van der Waals surface area contributed by atoms with Crippen molar-refractivity contribution < 1.29 is 9.53 Å². The van der Waals surface area contributed by atoms with Crippen LogP contribution in [0.4, 0.5) is 11.4 Å². The van der Waals surface area contributed by atoms with E-state index in [0.717, 1.165) is 46.9 Å². The minimum atomic E-state index is -0.145. The summed E-state index contributed by atoms with van der Waals surface area (Å²) in [6.45, 7) is 10.2. The van der Waals surface area contributed by atoms with E-state index in [9.17, 15) is 4.79 Å². The number of carbonyl (C=O) groups is 1. The Morgan fingerprint density at radius 1 is 1.14 bits per heavy atom. The molecule has 6 heteroatoms. The van der Waals surface area contributed by atoms with Crippen molar-refractivity contribution in [2.45, 2.75) is 27.7 Å². The molecule has 5 nitrogen and oxygen atoms in total. The van der Waals surface area contributed by atoms with Crippen LogP contribution in [0, 0.1) is 13.8 Å². The summed E-state index contributed by atoms with van der Waals surface area (Å²) in [5, 5.41) is 3.45. The van der Waals surface area contributed by atoms with Gasteiger partial charge in [0.2, 0.25) is 0 Å². The first-order valence-electron chi connectivity index (χ1n) is 9.75. The van der Waals surface area contributed by atoms with Crippen molar-refractivity contribution in [2.75, 3.05) is 25.1 Å². The van der Waals surface area contributed by atoms with Crippen LogP contribution in [0.25, 0.3) is 6.08 Å². The SMILES string of the molecule is CCN(CC)c1ccc(/C=C2\SC(=Nc3cc(C)ccc3C)NC2=O)c(OC)c1. The first-order chi connectivity index (χ1) is 13.9. The van der Waals surface area contributed by atoms with Gasteiger partial charge >= 0.3 is 0 Å². The molecule has 1 amide bonds. The number of hydrogen-bond donors (Lipinski definition) is 1. The van der Waals surface area contributed by atoms with Gasteiger partial charge in [-0.05, 0) is 74.9 Å². The maximum Gasteiger partial charge on any atom is 0.264 e. The van der Waals surface area contributed by atoms with Crippen molar-refractivity contribution in [3.8, 4) is 5.75 Å². The minimum absolute atomic E-state index is 0.145. The third-order valence-corrected chi connectivity index (χ3v) is 5.78. The van der Waals surface area contributed by atoms with Gasteiger partial charge in [-0.15, -0.1) is 0 Å². The molecule has 1 aliphatic heterocycles. The molecule has 0 saturated carbocycles. The molecule has 2 aromatic rings. The number of benzene rings is 2. The monoisotopic (exact) mass is 409 g/mol. The number of aliphatic imine (C=N–C) groups is 1. The van der Waals surface area contributed by atoms with Crippen molar-refractivity contribution in [3.63, 3.8) is 0 Å². The van der Waals surface area contributed by atoms with E-state index >= 15 is 0 Å². The molecule has 0 aliphatic carbocycles. The highest BCUT2D eigenvalue weighted by Crippen LogP contribution is 2.33. The average molecular weight is 410 g/mol. The number of thioether (sulfide) groups is 1. The number of hydrogen-bond acceptors (Lipinski definition) is 5. The molecule has 3 rings (SSSR count). The van der Waals surface area contributed by atoms with Gasteiger partial charge in [-0.25, -0.2) is 4.99 Å². The second-order valence-corrected chi connectivity index (χ2v) is 7.90. The number of nitrogens with one attached hydrogen (secondary N) is 1. The second kappa shape index (κ2) is 9.18. The number of carbonyl (C=O) groups excluding carboxylic acids is 1. The highest BCUT2D eigenvalue weighted by molar-refractivity contribution is 8.18. The van der Waals surface area contributed by atoms with Gasteiger partial charge < -0.3 is 15.0 Å². The van der Waals surface area contributed by atoms with E-state index in [-0.39, 0.29) is 5.91 Å². The molecule has 0 radical (unpaired) electrons. The highest BCUT2D eigenvalue weighted by Gasteiger charge is 2.24. The Hall–Kier alpha value is -2.73. The predicted octanol–water partition coefficient (Wildman–Crippen LogP) is 5.05. The molecule has 0 aromatic heterocycles. The number of amides is 1. The first-order valence-corrected chi connectivity index (χ1v) is 10.6. The van der Waals surface area contributed by atoms with Crippen LogP contribution in [0.5, 0.6) is 5.75 Å². The van der Waals surface area contributed by atoms with Crippen molar-refractivity contribution in [3.05, 3.63) is 58.0 Å². The van der Waals surface area contributed by atoms with Crippen molar-refractivity contribution in [1.29, 1.82) is 0 Å². The zero-order chi connectivity index (χ0) is 21.0. The number of nitrogens with zero attached hydrogens (tertiary/aromatic N) is 2. The summed E-state index contributed by atoms with van der Waals surface area (Å²) in [5.74, 6) is 0.601. The summed E-state index contributed by atoms with van der Waals surface area (Å²) in [7, 11) is 1.65. The molecule has 1 fully saturated rings. The maximum atomic E-state index is 12.5. The van der Waals surface area contributed by atoms with E-state index in [1.54, 1.807) is 7.11 Å². The average Bonchev–Trinajstić information content (AvgIpc) is 3.05. The van der Waals surface area contributed by atoms with Crippen LogP contribution in [0.1, 0.15) is 30.5 Å². The molecule has 0 spiro atoms. The van der Waals surface area contributed by atoms with Crippen LogP contribution in [-0.2, 0) is 4.79 Å². The lowest BCUT2D eigenvalue weighted by Crippen LogP contribution is -2.21. The molecule has 1 aliphatic rings. The quantitative estimate of drug-likeness (QED) is 0.679. The Morgan fingerprint density at radius 3 is 2.59 bits per heavy atom. The van der Waals surface area contributed by atoms with Gasteiger partial charge in [-0.1, -0.05) is 12.1 Å². The van der Waals surface area contributed by atoms with Gasteiger partial charge in [0, 0.05) is 30.4 Å². The lowest BCUT2D eigenvalue weighted by Gasteiger charge is -2.22. The lowest BCUT2D eigenvalue weighted by atomic mass is 10.1. The molecule has 1 saturated heterocycles. The molecule has 0 bridgehead atoms. The second-order valence-electron chi connectivity index (χ2n) is 6.87.